The SMILES string of the molecule is Cc1cc(OCCn2c(CNC(=O)CCc3ccccc3)nc3ccccc32)ccc1Cl. The number of benzene rings is 3. The monoisotopic (exact) mass is 447 g/mol. The summed E-state index contributed by atoms with van der Waals surface area (Å²) in [5.41, 5.74) is 4.07. The van der Waals surface area contributed by atoms with Crippen LogP contribution in [-0.4, -0.2) is 22.1 Å². The van der Waals surface area contributed by atoms with Crippen LogP contribution in [0.4, 0.5) is 0 Å². The molecule has 4 aromatic rings. The van der Waals surface area contributed by atoms with Gasteiger partial charge in [0.1, 0.15) is 18.2 Å². The number of fused-ring (bicyclic) bond motifs is 1. The van der Waals surface area contributed by atoms with E-state index in [1.807, 2.05) is 79.7 Å². The maximum atomic E-state index is 12.4. The Morgan fingerprint density at radius 2 is 1.84 bits per heavy atom. The minimum Gasteiger partial charge on any atom is -0.492 e. The first kappa shape index (κ1) is 21.9. The summed E-state index contributed by atoms with van der Waals surface area (Å²) in [6.45, 7) is 3.44. The van der Waals surface area contributed by atoms with Gasteiger partial charge in [-0.05, 0) is 54.8 Å². The molecule has 1 amide bonds. The van der Waals surface area contributed by atoms with E-state index in [1.54, 1.807) is 0 Å². The lowest BCUT2D eigenvalue weighted by Gasteiger charge is -2.12. The van der Waals surface area contributed by atoms with Gasteiger partial charge in [-0.15, -0.1) is 0 Å². The molecule has 4 rings (SSSR count). The Bertz CT molecular complexity index is 1200. The average molecular weight is 448 g/mol. The number of carbonyl (C=O) groups is 1. The van der Waals surface area contributed by atoms with Crippen LogP contribution in [0.5, 0.6) is 5.75 Å². The summed E-state index contributed by atoms with van der Waals surface area (Å²) >= 11 is 6.10. The van der Waals surface area contributed by atoms with Crippen molar-refractivity contribution in [1.82, 2.24) is 14.9 Å². The lowest BCUT2D eigenvalue weighted by molar-refractivity contribution is -0.121. The number of nitrogens with zero attached hydrogens (tertiary/aromatic N) is 2. The van der Waals surface area contributed by atoms with Crippen molar-refractivity contribution < 1.29 is 9.53 Å². The quantitative estimate of drug-likeness (QED) is 0.377. The fourth-order valence-corrected chi connectivity index (χ4v) is 3.76. The molecule has 1 N–H and O–H groups in total. The molecule has 0 fully saturated rings. The van der Waals surface area contributed by atoms with Gasteiger partial charge in [0, 0.05) is 11.4 Å². The van der Waals surface area contributed by atoms with Crippen LogP contribution in [0.25, 0.3) is 11.0 Å². The number of ether oxygens (including phenoxy) is 1. The summed E-state index contributed by atoms with van der Waals surface area (Å²) in [6, 6.07) is 23.7. The fraction of sp³-hybridized carbons (Fsp3) is 0.231. The highest BCUT2D eigenvalue weighted by molar-refractivity contribution is 6.31. The van der Waals surface area contributed by atoms with E-state index in [9.17, 15) is 4.79 Å². The van der Waals surface area contributed by atoms with Crippen LogP contribution >= 0.6 is 11.6 Å². The normalized spacial score (nSPS) is 10.9. The summed E-state index contributed by atoms with van der Waals surface area (Å²) in [5, 5.41) is 3.74. The highest BCUT2D eigenvalue weighted by atomic mass is 35.5. The van der Waals surface area contributed by atoms with E-state index >= 15 is 0 Å². The summed E-state index contributed by atoms with van der Waals surface area (Å²) in [6.07, 6.45) is 1.17. The topological polar surface area (TPSA) is 56.1 Å². The molecule has 164 valence electrons. The second kappa shape index (κ2) is 10.3. The number of aromatic nitrogens is 2. The zero-order valence-electron chi connectivity index (χ0n) is 18.1. The molecule has 0 aliphatic carbocycles. The number of rotatable bonds is 9. The van der Waals surface area contributed by atoms with Gasteiger partial charge < -0.3 is 14.6 Å². The molecule has 0 atom stereocenters. The van der Waals surface area contributed by atoms with Gasteiger partial charge in [0.25, 0.3) is 0 Å². The molecule has 0 aliphatic heterocycles. The molecule has 0 spiro atoms. The van der Waals surface area contributed by atoms with E-state index < -0.39 is 0 Å². The lowest BCUT2D eigenvalue weighted by atomic mass is 10.1. The Morgan fingerprint density at radius 1 is 1.06 bits per heavy atom. The molecule has 5 nitrogen and oxygen atoms in total. The Hall–Kier alpha value is -3.31. The van der Waals surface area contributed by atoms with Crippen molar-refractivity contribution in [2.75, 3.05) is 6.61 Å². The van der Waals surface area contributed by atoms with Gasteiger partial charge in [0.15, 0.2) is 0 Å². The van der Waals surface area contributed by atoms with Gasteiger partial charge >= 0.3 is 0 Å². The summed E-state index contributed by atoms with van der Waals surface area (Å²) < 4.78 is 8.04. The number of amides is 1. The second-order valence-corrected chi connectivity index (χ2v) is 8.10. The van der Waals surface area contributed by atoms with Crippen LogP contribution in [0.2, 0.25) is 5.02 Å². The Kier molecular flexibility index (Phi) is 7.07. The molecule has 0 aliphatic rings. The van der Waals surface area contributed by atoms with Crippen LogP contribution < -0.4 is 10.1 Å². The molecule has 1 aromatic heterocycles. The van der Waals surface area contributed by atoms with Crippen molar-refractivity contribution in [3.8, 4) is 5.75 Å². The number of carbonyl (C=O) groups excluding carboxylic acids is 1. The van der Waals surface area contributed by atoms with Gasteiger partial charge in [0.05, 0.1) is 24.1 Å². The Labute approximate surface area is 193 Å². The van der Waals surface area contributed by atoms with E-state index in [0.717, 1.165) is 45.2 Å². The fourth-order valence-electron chi connectivity index (χ4n) is 3.64. The smallest absolute Gasteiger partial charge is 0.220 e. The first-order chi connectivity index (χ1) is 15.6. The van der Waals surface area contributed by atoms with E-state index in [-0.39, 0.29) is 5.91 Å². The maximum absolute atomic E-state index is 12.4. The largest absolute Gasteiger partial charge is 0.492 e. The molecule has 0 bridgehead atoms. The number of halogens is 1. The maximum Gasteiger partial charge on any atom is 0.220 e. The highest BCUT2D eigenvalue weighted by Crippen LogP contribution is 2.21. The van der Waals surface area contributed by atoms with Crippen molar-refractivity contribution in [3.63, 3.8) is 0 Å². The van der Waals surface area contributed by atoms with Crippen molar-refractivity contribution in [1.29, 1.82) is 0 Å². The van der Waals surface area contributed by atoms with E-state index in [0.29, 0.717) is 26.1 Å². The van der Waals surface area contributed by atoms with Gasteiger partial charge in [-0.1, -0.05) is 54.1 Å². The van der Waals surface area contributed by atoms with Crippen molar-refractivity contribution in [2.45, 2.75) is 32.9 Å². The third kappa shape index (κ3) is 5.48. The molecular weight excluding hydrogens is 422 g/mol. The van der Waals surface area contributed by atoms with E-state index in [2.05, 4.69) is 9.88 Å². The number of hydrogen-bond donors (Lipinski definition) is 1. The van der Waals surface area contributed by atoms with Gasteiger partial charge in [-0.25, -0.2) is 4.98 Å². The lowest BCUT2D eigenvalue weighted by Crippen LogP contribution is -2.25. The number of imidazole rings is 1. The first-order valence-corrected chi connectivity index (χ1v) is 11.1. The van der Waals surface area contributed by atoms with Crippen LogP contribution in [0, 0.1) is 6.92 Å². The van der Waals surface area contributed by atoms with E-state index in [1.165, 1.54) is 0 Å². The Morgan fingerprint density at radius 3 is 2.66 bits per heavy atom. The van der Waals surface area contributed by atoms with Gasteiger partial charge in [-0.3, -0.25) is 4.79 Å². The molecule has 3 aromatic carbocycles. The number of nitrogens with one attached hydrogen (secondary N) is 1. The number of aryl methyl sites for hydroxylation is 2. The molecule has 0 saturated carbocycles. The van der Waals surface area contributed by atoms with E-state index in [4.69, 9.17) is 21.3 Å². The van der Waals surface area contributed by atoms with Gasteiger partial charge in [-0.2, -0.15) is 0 Å². The zero-order chi connectivity index (χ0) is 22.3. The summed E-state index contributed by atoms with van der Waals surface area (Å²) in [4.78, 5) is 17.1. The zero-order valence-corrected chi connectivity index (χ0v) is 18.8. The summed E-state index contributed by atoms with van der Waals surface area (Å²) in [5.74, 6) is 1.61. The van der Waals surface area contributed by atoms with Crippen LogP contribution in [0.1, 0.15) is 23.4 Å². The third-order valence-corrected chi connectivity index (χ3v) is 5.80. The molecule has 1 heterocycles. The predicted octanol–water partition coefficient (Wildman–Crippen LogP) is 5.33. The second-order valence-electron chi connectivity index (χ2n) is 7.69. The molecule has 0 unspecified atom stereocenters. The third-order valence-electron chi connectivity index (χ3n) is 5.37. The predicted molar refractivity (Wildman–Crippen MR) is 128 cm³/mol. The van der Waals surface area contributed by atoms with Crippen molar-refractivity contribution >= 4 is 28.5 Å². The standard InChI is InChI=1S/C26H26ClN3O2/c1-19-17-21(12-13-22(19)27)32-16-15-30-24-10-6-5-9-23(24)29-25(30)18-28-26(31)14-11-20-7-3-2-4-8-20/h2-10,12-13,17H,11,14-16,18H2,1H3,(H,28,31). The minimum atomic E-state index is 0.0142. The molecule has 6 heteroatoms. The molecule has 32 heavy (non-hydrogen) atoms. The first-order valence-electron chi connectivity index (χ1n) is 10.7. The van der Waals surface area contributed by atoms with Crippen LogP contribution in [0.15, 0.2) is 72.8 Å². The van der Waals surface area contributed by atoms with Crippen molar-refractivity contribution in [2.24, 2.45) is 0 Å². The molecular formula is C26H26ClN3O2. The van der Waals surface area contributed by atoms with Gasteiger partial charge in [0.2, 0.25) is 5.91 Å². The average Bonchev–Trinajstić information content (AvgIpc) is 3.17. The van der Waals surface area contributed by atoms with Crippen LogP contribution in [0.3, 0.4) is 0 Å². The highest BCUT2D eigenvalue weighted by Gasteiger charge is 2.12. The van der Waals surface area contributed by atoms with Crippen LogP contribution in [-0.2, 0) is 24.3 Å². The molecule has 0 saturated heterocycles. The Balaban J connectivity index is 1.39. The summed E-state index contributed by atoms with van der Waals surface area (Å²) in [7, 11) is 0. The number of para-hydroxylation sites is 2. The number of hydrogen-bond acceptors (Lipinski definition) is 3. The minimum absolute atomic E-state index is 0.0142. The van der Waals surface area contributed by atoms with Crippen molar-refractivity contribution in [3.05, 3.63) is 94.8 Å². The molecule has 0 radical (unpaired) electrons.